The van der Waals surface area contributed by atoms with Gasteiger partial charge in [0.25, 0.3) is 0 Å². The van der Waals surface area contributed by atoms with Crippen LogP contribution in [0.4, 0.5) is 5.13 Å². The summed E-state index contributed by atoms with van der Waals surface area (Å²) in [6, 6.07) is 0.516. The molecule has 1 aliphatic rings. The third-order valence-electron chi connectivity index (χ3n) is 3.74. The first kappa shape index (κ1) is 15.7. The number of thiazole rings is 1. The first-order chi connectivity index (χ1) is 9.54. The molecule has 1 aliphatic heterocycles. The highest BCUT2D eigenvalue weighted by atomic mass is 32.1. The largest absolute Gasteiger partial charge is 0.348 e. The fourth-order valence-corrected chi connectivity index (χ4v) is 3.53. The summed E-state index contributed by atoms with van der Waals surface area (Å²) in [5.41, 5.74) is 1.18. The molecule has 0 unspecified atom stereocenters. The molecule has 0 atom stereocenters. The predicted octanol–water partition coefficient (Wildman–Crippen LogP) is 2.42. The molecule has 0 bridgehead atoms. The average molecular weight is 296 g/mol. The van der Waals surface area contributed by atoms with E-state index in [9.17, 15) is 0 Å². The van der Waals surface area contributed by atoms with Gasteiger partial charge >= 0.3 is 0 Å². The summed E-state index contributed by atoms with van der Waals surface area (Å²) < 4.78 is 0. The Hall–Kier alpha value is -0.650. The van der Waals surface area contributed by atoms with Crippen molar-refractivity contribution in [3.63, 3.8) is 0 Å². The molecule has 1 aromatic rings. The SMILES string of the molecule is CC(C)NCc1csc(N2CCC(CN(C)C)CC2)n1. The van der Waals surface area contributed by atoms with Gasteiger partial charge in [0, 0.05) is 37.6 Å². The Kier molecular flexibility index (Phi) is 5.81. The number of hydrogen-bond donors (Lipinski definition) is 1. The Morgan fingerprint density at radius 3 is 2.70 bits per heavy atom. The third-order valence-corrected chi connectivity index (χ3v) is 4.69. The Labute approximate surface area is 127 Å². The van der Waals surface area contributed by atoms with Crippen molar-refractivity contribution in [3.05, 3.63) is 11.1 Å². The molecular formula is C15H28N4S. The van der Waals surface area contributed by atoms with Gasteiger partial charge in [0.1, 0.15) is 0 Å². The van der Waals surface area contributed by atoms with Crippen LogP contribution in [0.15, 0.2) is 5.38 Å². The lowest BCUT2D eigenvalue weighted by molar-refractivity contribution is 0.285. The predicted molar refractivity (Wildman–Crippen MR) is 87.6 cm³/mol. The molecule has 1 N–H and O–H groups in total. The fourth-order valence-electron chi connectivity index (χ4n) is 2.65. The van der Waals surface area contributed by atoms with Crippen LogP contribution in [0.2, 0.25) is 0 Å². The van der Waals surface area contributed by atoms with Crippen molar-refractivity contribution in [2.45, 2.75) is 39.3 Å². The molecule has 0 spiro atoms. The van der Waals surface area contributed by atoms with E-state index in [1.165, 1.54) is 30.2 Å². The maximum Gasteiger partial charge on any atom is 0.185 e. The van der Waals surface area contributed by atoms with Gasteiger partial charge in [0.2, 0.25) is 0 Å². The molecule has 0 aromatic carbocycles. The molecule has 20 heavy (non-hydrogen) atoms. The highest BCUT2D eigenvalue weighted by molar-refractivity contribution is 7.13. The second kappa shape index (κ2) is 7.38. The number of nitrogens with one attached hydrogen (secondary N) is 1. The van der Waals surface area contributed by atoms with Crippen LogP contribution in [-0.2, 0) is 6.54 Å². The first-order valence-corrected chi connectivity index (χ1v) is 8.50. The van der Waals surface area contributed by atoms with Crippen molar-refractivity contribution in [3.8, 4) is 0 Å². The molecule has 1 saturated heterocycles. The van der Waals surface area contributed by atoms with Crippen molar-refractivity contribution in [2.24, 2.45) is 5.92 Å². The Balaban J connectivity index is 1.81. The summed E-state index contributed by atoms with van der Waals surface area (Å²) in [5, 5.41) is 6.82. The van der Waals surface area contributed by atoms with Gasteiger partial charge in [-0.3, -0.25) is 0 Å². The molecule has 2 rings (SSSR count). The van der Waals surface area contributed by atoms with Gasteiger partial charge in [-0.15, -0.1) is 11.3 Å². The number of hydrogen-bond acceptors (Lipinski definition) is 5. The summed E-state index contributed by atoms with van der Waals surface area (Å²) in [5.74, 6) is 0.850. The summed E-state index contributed by atoms with van der Waals surface area (Å²) in [7, 11) is 4.34. The van der Waals surface area contributed by atoms with Crippen molar-refractivity contribution in [2.75, 3.05) is 38.6 Å². The summed E-state index contributed by atoms with van der Waals surface area (Å²) in [6.07, 6.45) is 2.58. The zero-order chi connectivity index (χ0) is 14.5. The van der Waals surface area contributed by atoms with E-state index in [4.69, 9.17) is 4.98 Å². The number of nitrogens with zero attached hydrogens (tertiary/aromatic N) is 3. The van der Waals surface area contributed by atoms with Gasteiger partial charge in [-0.25, -0.2) is 4.98 Å². The maximum absolute atomic E-state index is 4.76. The van der Waals surface area contributed by atoms with Gasteiger partial charge in [-0.2, -0.15) is 0 Å². The van der Waals surface area contributed by atoms with Crippen molar-refractivity contribution >= 4 is 16.5 Å². The minimum absolute atomic E-state index is 0.516. The van der Waals surface area contributed by atoms with E-state index in [2.05, 4.69) is 48.4 Å². The maximum atomic E-state index is 4.76. The van der Waals surface area contributed by atoms with E-state index in [-0.39, 0.29) is 0 Å². The molecule has 0 aliphatic carbocycles. The molecule has 5 heteroatoms. The van der Waals surface area contributed by atoms with E-state index in [0.717, 1.165) is 25.6 Å². The Bertz CT molecular complexity index is 394. The van der Waals surface area contributed by atoms with Crippen LogP contribution in [0.25, 0.3) is 0 Å². The molecule has 2 heterocycles. The zero-order valence-electron chi connectivity index (χ0n) is 13.2. The molecule has 0 radical (unpaired) electrons. The Morgan fingerprint density at radius 2 is 2.10 bits per heavy atom. The van der Waals surface area contributed by atoms with Crippen LogP contribution < -0.4 is 10.2 Å². The highest BCUT2D eigenvalue weighted by Crippen LogP contribution is 2.26. The van der Waals surface area contributed by atoms with Crippen LogP contribution >= 0.6 is 11.3 Å². The second-order valence-electron chi connectivity index (χ2n) is 6.35. The van der Waals surface area contributed by atoms with Crippen molar-refractivity contribution < 1.29 is 0 Å². The topological polar surface area (TPSA) is 31.4 Å². The number of anilines is 1. The standard InChI is InChI=1S/C15H28N4S/c1-12(2)16-9-14-11-20-15(17-14)19-7-5-13(6-8-19)10-18(3)4/h11-13,16H,5-10H2,1-4H3. The van der Waals surface area contributed by atoms with Gasteiger partial charge in [0.15, 0.2) is 5.13 Å². The third kappa shape index (κ3) is 4.72. The molecule has 4 nitrogen and oxygen atoms in total. The first-order valence-electron chi connectivity index (χ1n) is 7.62. The molecule has 1 aromatic heterocycles. The van der Waals surface area contributed by atoms with Crippen LogP contribution in [0.3, 0.4) is 0 Å². The highest BCUT2D eigenvalue weighted by Gasteiger charge is 2.21. The van der Waals surface area contributed by atoms with Gasteiger partial charge in [0.05, 0.1) is 5.69 Å². The average Bonchev–Trinajstić information content (AvgIpc) is 2.85. The van der Waals surface area contributed by atoms with Crippen molar-refractivity contribution in [1.82, 2.24) is 15.2 Å². The van der Waals surface area contributed by atoms with Gasteiger partial charge in [-0.05, 0) is 32.9 Å². The quantitative estimate of drug-likeness (QED) is 0.873. The van der Waals surface area contributed by atoms with Crippen LogP contribution in [0.1, 0.15) is 32.4 Å². The van der Waals surface area contributed by atoms with Gasteiger partial charge < -0.3 is 15.1 Å². The normalized spacial score (nSPS) is 17.4. The van der Waals surface area contributed by atoms with E-state index < -0.39 is 0 Å². The minimum Gasteiger partial charge on any atom is -0.348 e. The molecule has 0 saturated carbocycles. The molecular weight excluding hydrogens is 268 g/mol. The minimum atomic E-state index is 0.516. The van der Waals surface area contributed by atoms with E-state index in [0.29, 0.717) is 6.04 Å². The molecule has 114 valence electrons. The lowest BCUT2D eigenvalue weighted by Crippen LogP contribution is -2.37. The van der Waals surface area contributed by atoms with Gasteiger partial charge in [-0.1, -0.05) is 13.8 Å². The smallest absolute Gasteiger partial charge is 0.185 e. The second-order valence-corrected chi connectivity index (χ2v) is 7.19. The van der Waals surface area contributed by atoms with E-state index in [1.807, 2.05) is 0 Å². The summed E-state index contributed by atoms with van der Waals surface area (Å²) in [6.45, 7) is 8.75. The van der Waals surface area contributed by atoms with Crippen LogP contribution in [0.5, 0.6) is 0 Å². The monoisotopic (exact) mass is 296 g/mol. The summed E-state index contributed by atoms with van der Waals surface area (Å²) in [4.78, 5) is 9.52. The van der Waals surface area contributed by atoms with E-state index >= 15 is 0 Å². The van der Waals surface area contributed by atoms with Crippen LogP contribution in [0, 0.1) is 5.92 Å². The zero-order valence-corrected chi connectivity index (χ0v) is 14.0. The van der Waals surface area contributed by atoms with E-state index in [1.54, 1.807) is 11.3 Å². The fraction of sp³-hybridized carbons (Fsp3) is 0.800. The van der Waals surface area contributed by atoms with Crippen LogP contribution in [-0.4, -0.2) is 49.7 Å². The molecule has 1 fully saturated rings. The lowest BCUT2D eigenvalue weighted by atomic mass is 9.97. The number of rotatable bonds is 6. The number of aromatic nitrogens is 1. The number of piperidine rings is 1. The molecule has 0 amide bonds. The Morgan fingerprint density at radius 1 is 1.40 bits per heavy atom. The summed E-state index contributed by atoms with van der Waals surface area (Å²) >= 11 is 1.79. The van der Waals surface area contributed by atoms with Crippen molar-refractivity contribution in [1.29, 1.82) is 0 Å². The lowest BCUT2D eigenvalue weighted by Gasteiger charge is -2.33.